The highest BCUT2D eigenvalue weighted by molar-refractivity contribution is 7.17. The molecule has 1 aromatic heterocycles. The third-order valence-electron chi connectivity index (χ3n) is 3.86. The zero-order valence-electron chi connectivity index (χ0n) is 16.0. The molecule has 0 radical (unpaired) electrons. The molecule has 0 aliphatic heterocycles. The maximum Gasteiger partial charge on any atom is 0.350 e. The summed E-state index contributed by atoms with van der Waals surface area (Å²) in [5.41, 5.74) is 5.28. The van der Waals surface area contributed by atoms with E-state index in [9.17, 15) is 4.79 Å². The molecule has 0 saturated heterocycles. The van der Waals surface area contributed by atoms with Gasteiger partial charge in [-0.05, 0) is 49.7 Å². The molecule has 1 heterocycles. The fourth-order valence-corrected chi connectivity index (χ4v) is 3.42. The Morgan fingerprint density at radius 2 is 2.00 bits per heavy atom. The molecular formula is C21H20ClN3O3S. The Kier molecular flexibility index (Phi) is 7.21. The van der Waals surface area contributed by atoms with Gasteiger partial charge in [0.15, 0.2) is 0 Å². The molecule has 0 aliphatic rings. The number of hydrogen-bond donors (Lipinski definition) is 1. The van der Waals surface area contributed by atoms with Crippen molar-refractivity contribution < 1.29 is 14.3 Å². The van der Waals surface area contributed by atoms with E-state index in [0.717, 1.165) is 16.9 Å². The van der Waals surface area contributed by atoms with Crippen LogP contribution < -0.4 is 10.2 Å². The Labute approximate surface area is 178 Å². The van der Waals surface area contributed by atoms with Crippen molar-refractivity contribution in [2.45, 2.75) is 20.5 Å². The molecule has 150 valence electrons. The molecule has 29 heavy (non-hydrogen) atoms. The van der Waals surface area contributed by atoms with Crippen LogP contribution in [0, 0.1) is 6.92 Å². The molecule has 0 saturated carbocycles. The lowest BCUT2D eigenvalue weighted by atomic mass is 10.2. The summed E-state index contributed by atoms with van der Waals surface area (Å²) in [6, 6.07) is 15.1. The van der Waals surface area contributed by atoms with Crippen molar-refractivity contribution in [1.82, 2.24) is 4.98 Å². The second-order valence-corrected chi connectivity index (χ2v) is 7.38. The number of hydrazone groups is 1. The van der Waals surface area contributed by atoms with Crippen molar-refractivity contribution in [2.75, 3.05) is 12.0 Å². The van der Waals surface area contributed by atoms with E-state index in [-0.39, 0.29) is 5.97 Å². The number of nitrogens with zero attached hydrogens (tertiary/aromatic N) is 2. The van der Waals surface area contributed by atoms with Crippen LogP contribution in [0.4, 0.5) is 5.13 Å². The lowest BCUT2D eigenvalue weighted by Crippen LogP contribution is -2.03. The number of halogens is 1. The van der Waals surface area contributed by atoms with Gasteiger partial charge < -0.3 is 9.47 Å². The van der Waals surface area contributed by atoms with Crippen molar-refractivity contribution in [2.24, 2.45) is 5.10 Å². The first-order valence-electron chi connectivity index (χ1n) is 8.96. The molecule has 3 aromatic rings. The standard InChI is InChI=1S/C21H20ClN3O3S/c1-3-27-20(26)19-14(2)24-21(29-19)25-23-12-15-8-10-17(11-9-15)28-13-16-6-4-5-7-18(16)22/h4-12H,3,13H2,1-2H3,(H,24,25)/b23-12-. The summed E-state index contributed by atoms with van der Waals surface area (Å²) >= 11 is 7.34. The maximum absolute atomic E-state index is 11.8. The van der Waals surface area contributed by atoms with Gasteiger partial charge in [-0.3, -0.25) is 5.43 Å². The smallest absolute Gasteiger partial charge is 0.350 e. The van der Waals surface area contributed by atoms with E-state index in [1.807, 2.05) is 48.5 Å². The van der Waals surface area contributed by atoms with Crippen LogP contribution in [-0.4, -0.2) is 23.8 Å². The molecule has 0 aliphatic carbocycles. The molecule has 0 spiro atoms. The zero-order valence-corrected chi connectivity index (χ0v) is 17.6. The van der Waals surface area contributed by atoms with Crippen LogP contribution in [0.3, 0.4) is 0 Å². The minimum atomic E-state index is -0.369. The average molecular weight is 430 g/mol. The molecule has 3 rings (SSSR count). The predicted molar refractivity (Wildman–Crippen MR) is 116 cm³/mol. The van der Waals surface area contributed by atoms with Gasteiger partial charge in [0.1, 0.15) is 17.2 Å². The van der Waals surface area contributed by atoms with Gasteiger partial charge >= 0.3 is 5.97 Å². The maximum atomic E-state index is 11.8. The third-order valence-corrected chi connectivity index (χ3v) is 5.27. The molecule has 0 unspecified atom stereocenters. The number of aryl methyl sites for hydroxylation is 1. The van der Waals surface area contributed by atoms with Crippen molar-refractivity contribution >= 4 is 40.3 Å². The van der Waals surface area contributed by atoms with Crippen molar-refractivity contribution in [1.29, 1.82) is 0 Å². The second kappa shape index (κ2) is 10.0. The number of carbonyl (C=O) groups excluding carboxylic acids is 1. The van der Waals surface area contributed by atoms with Crippen molar-refractivity contribution in [3.05, 3.63) is 75.3 Å². The molecule has 1 N–H and O–H groups in total. The summed E-state index contributed by atoms with van der Waals surface area (Å²) in [7, 11) is 0. The van der Waals surface area contributed by atoms with E-state index in [0.29, 0.717) is 33.9 Å². The fourth-order valence-electron chi connectivity index (χ4n) is 2.42. The fraction of sp³-hybridized carbons (Fsp3) is 0.190. The normalized spacial score (nSPS) is 10.9. The number of benzene rings is 2. The Bertz CT molecular complexity index is 1000. The summed E-state index contributed by atoms with van der Waals surface area (Å²) < 4.78 is 10.8. The Morgan fingerprint density at radius 1 is 1.24 bits per heavy atom. The molecule has 0 amide bonds. The van der Waals surface area contributed by atoms with Gasteiger partial charge in [-0.25, -0.2) is 9.78 Å². The number of nitrogens with one attached hydrogen (secondary N) is 1. The van der Waals surface area contributed by atoms with Crippen LogP contribution in [0.5, 0.6) is 5.75 Å². The van der Waals surface area contributed by atoms with Gasteiger partial charge in [-0.1, -0.05) is 41.1 Å². The molecule has 0 fully saturated rings. The first-order chi connectivity index (χ1) is 14.1. The van der Waals surface area contributed by atoms with E-state index in [4.69, 9.17) is 21.1 Å². The molecule has 0 bridgehead atoms. The summed E-state index contributed by atoms with van der Waals surface area (Å²) in [5.74, 6) is 0.372. The SMILES string of the molecule is CCOC(=O)c1sc(N/N=C\c2ccc(OCc3ccccc3Cl)cc2)nc1C. The van der Waals surface area contributed by atoms with E-state index in [2.05, 4.69) is 15.5 Å². The van der Waals surface area contributed by atoms with Gasteiger partial charge in [-0.2, -0.15) is 5.10 Å². The number of rotatable bonds is 8. The lowest BCUT2D eigenvalue weighted by Gasteiger charge is -2.07. The second-order valence-electron chi connectivity index (χ2n) is 5.97. The van der Waals surface area contributed by atoms with Gasteiger partial charge in [0.2, 0.25) is 5.13 Å². The number of esters is 1. The predicted octanol–water partition coefficient (Wildman–Crippen LogP) is 5.31. The number of ether oxygens (including phenoxy) is 2. The molecule has 8 heteroatoms. The highest BCUT2D eigenvalue weighted by atomic mass is 35.5. The van der Waals surface area contributed by atoms with E-state index >= 15 is 0 Å². The van der Waals surface area contributed by atoms with Crippen molar-refractivity contribution in [3.63, 3.8) is 0 Å². The van der Waals surface area contributed by atoms with Gasteiger partial charge in [0.25, 0.3) is 0 Å². The van der Waals surface area contributed by atoms with Crippen LogP contribution in [0.15, 0.2) is 53.6 Å². The highest BCUT2D eigenvalue weighted by Crippen LogP contribution is 2.23. The van der Waals surface area contributed by atoms with Crippen LogP contribution in [0.1, 0.15) is 33.4 Å². The van der Waals surface area contributed by atoms with E-state index in [1.165, 1.54) is 11.3 Å². The lowest BCUT2D eigenvalue weighted by molar-refractivity contribution is 0.0531. The minimum absolute atomic E-state index is 0.329. The van der Waals surface area contributed by atoms with Crippen LogP contribution >= 0.6 is 22.9 Å². The molecule has 0 atom stereocenters. The average Bonchev–Trinajstić information content (AvgIpc) is 3.09. The number of hydrogen-bond acceptors (Lipinski definition) is 7. The van der Waals surface area contributed by atoms with Crippen molar-refractivity contribution in [3.8, 4) is 5.75 Å². The van der Waals surface area contributed by atoms with Gasteiger partial charge in [0.05, 0.1) is 18.5 Å². The van der Waals surface area contributed by atoms with Gasteiger partial charge in [0, 0.05) is 10.6 Å². The monoisotopic (exact) mass is 429 g/mol. The van der Waals surface area contributed by atoms with Crippen LogP contribution in [0.25, 0.3) is 0 Å². The highest BCUT2D eigenvalue weighted by Gasteiger charge is 2.15. The number of aromatic nitrogens is 1. The molecule has 2 aromatic carbocycles. The van der Waals surface area contributed by atoms with E-state index in [1.54, 1.807) is 20.1 Å². The third kappa shape index (κ3) is 5.79. The Morgan fingerprint density at radius 3 is 2.72 bits per heavy atom. The first-order valence-corrected chi connectivity index (χ1v) is 10.2. The number of carbonyl (C=O) groups is 1. The topological polar surface area (TPSA) is 72.8 Å². The minimum Gasteiger partial charge on any atom is -0.489 e. The largest absolute Gasteiger partial charge is 0.489 e. The summed E-state index contributed by atoms with van der Waals surface area (Å²) in [6.07, 6.45) is 1.67. The van der Waals surface area contributed by atoms with E-state index < -0.39 is 0 Å². The zero-order chi connectivity index (χ0) is 20.6. The molecular weight excluding hydrogens is 410 g/mol. The number of thiazole rings is 1. The Balaban J connectivity index is 1.54. The van der Waals surface area contributed by atoms with Gasteiger partial charge in [-0.15, -0.1) is 0 Å². The summed E-state index contributed by atoms with van der Waals surface area (Å²) in [4.78, 5) is 16.6. The number of anilines is 1. The molecule has 6 nitrogen and oxygen atoms in total. The van der Waals surface area contributed by atoms with Crippen LogP contribution in [0.2, 0.25) is 5.02 Å². The first kappa shape index (κ1) is 20.8. The Hall–Kier alpha value is -2.90. The summed E-state index contributed by atoms with van der Waals surface area (Å²) in [5, 5.41) is 5.38. The summed E-state index contributed by atoms with van der Waals surface area (Å²) in [6.45, 7) is 4.26. The quantitative estimate of drug-likeness (QED) is 0.298. The van der Waals surface area contributed by atoms with Crippen LogP contribution in [-0.2, 0) is 11.3 Å².